The van der Waals surface area contributed by atoms with Crippen molar-refractivity contribution < 1.29 is 14.4 Å². The van der Waals surface area contributed by atoms with Gasteiger partial charge in [0.1, 0.15) is 18.9 Å². The summed E-state index contributed by atoms with van der Waals surface area (Å²) >= 11 is 0. The van der Waals surface area contributed by atoms with E-state index in [-0.39, 0.29) is 12.7 Å². The molecular formula is C15H18N2O3. The van der Waals surface area contributed by atoms with Gasteiger partial charge < -0.3 is 4.74 Å². The minimum Gasteiger partial charge on any atom is -0.445 e. The normalized spacial score (nSPS) is 21.4. The van der Waals surface area contributed by atoms with Gasteiger partial charge in [-0.3, -0.25) is 10.2 Å². The van der Waals surface area contributed by atoms with Gasteiger partial charge in [-0.2, -0.15) is 0 Å². The molecule has 1 aromatic carbocycles. The molecule has 0 radical (unpaired) electrons. The number of nitrogens with one attached hydrogen (secondary N) is 1. The number of rotatable bonds is 4. The second-order valence-corrected chi connectivity index (χ2v) is 4.33. The Morgan fingerprint density at radius 2 is 2.20 bits per heavy atom. The van der Waals surface area contributed by atoms with Crippen LogP contribution >= 0.6 is 0 Å². The maximum atomic E-state index is 11.6. The zero-order valence-corrected chi connectivity index (χ0v) is 11.4. The van der Waals surface area contributed by atoms with Crippen molar-refractivity contribution in [2.45, 2.75) is 19.2 Å². The van der Waals surface area contributed by atoms with Gasteiger partial charge in [0.05, 0.1) is 5.69 Å². The molecule has 1 heterocycles. The van der Waals surface area contributed by atoms with Crippen LogP contribution < -0.4 is 10.4 Å². The van der Waals surface area contributed by atoms with Crippen LogP contribution in [0.2, 0.25) is 0 Å². The summed E-state index contributed by atoms with van der Waals surface area (Å²) < 4.78 is 4.92. The zero-order valence-electron chi connectivity index (χ0n) is 11.4. The third-order valence-corrected chi connectivity index (χ3v) is 2.71. The second kappa shape index (κ2) is 6.77. The first kappa shape index (κ1) is 14.1. The Kier molecular flexibility index (Phi) is 4.79. The third-order valence-electron chi connectivity index (χ3n) is 2.71. The summed E-state index contributed by atoms with van der Waals surface area (Å²) in [6.45, 7) is 5.60. The van der Waals surface area contributed by atoms with Crippen LogP contribution in [0.5, 0.6) is 0 Å². The molecule has 2 rings (SSSR count). The minimum absolute atomic E-state index is 0.0579. The molecule has 20 heavy (non-hydrogen) atoms. The highest BCUT2D eigenvalue weighted by Gasteiger charge is 2.25. The van der Waals surface area contributed by atoms with Crippen molar-refractivity contribution in [2.24, 2.45) is 0 Å². The number of hydroxylamine groups is 1. The molecule has 1 N–H and O–H groups in total. The van der Waals surface area contributed by atoms with Gasteiger partial charge in [-0.05, 0) is 25.1 Å². The van der Waals surface area contributed by atoms with Crippen molar-refractivity contribution in [3.63, 3.8) is 0 Å². The summed E-state index contributed by atoms with van der Waals surface area (Å²) in [5.41, 5.74) is 0.859. The number of hydrogen-bond donors (Lipinski definition) is 1. The lowest BCUT2D eigenvalue weighted by Crippen LogP contribution is -2.50. The molecule has 0 aromatic heterocycles. The number of amides is 1. The Labute approximate surface area is 118 Å². The molecule has 1 aliphatic heterocycles. The van der Waals surface area contributed by atoms with Gasteiger partial charge >= 0.3 is 6.09 Å². The summed E-state index contributed by atoms with van der Waals surface area (Å²) in [7, 11) is 0. The predicted octanol–water partition coefficient (Wildman–Crippen LogP) is 2.62. The molecule has 2 unspecified atom stereocenters. The average molecular weight is 274 g/mol. The van der Waals surface area contributed by atoms with Crippen molar-refractivity contribution in [1.82, 2.24) is 5.32 Å². The first-order chi connectivity index (χ1) is 9.70. The van der Waals surface area contributed by atoms with Crippen LogP contribution in [0.15, 0.2) is 55.1 Å². The fourth-order valence-electron chi connectivity index (χ4n) is 1.82. The number of nitrogens with zero attached hydrogens (tertiary/aromatic N) is 1. The molecule has 0 saturated carbocycles. The van der Waals surface area contributed by atoms with Crippen molar-refractivity contribution in [2.75, 3.05) is 11.7 Å². The lowest BCUT2D eigenvalue weighted by atomic mass is 10.2. The number of ether oxygens (including phenoxy) is 1. The molecule has 0 saturated heterocycles. The Balaban J connectivity index is 2.09. The van der Waals surface area contributed by atoms with E-state index >= 15 is 0 Å². The topological polar surface area (TPSA) is 50.8 Å². The number of carbonyl (C=O) groups is 1. The lowest BCUT2D eigenvalue weighted by Gasteiger charge is -2.35. The van der Waals surface area contributed by atoms with Gasteiger partial charge in [0.25, 0.3) is 0 Å². The van der Waals surface area contributed by atoms with Crippen LogP contribution in [0.3, 0.4) is 0 Å². The molecule has 0 bridgehead atoms. The summed E-state index contributed by atoms with van der Waals surface area (Å²) in [5, 5.41) is 4.38. The SMILES string of the molecule is C=CCOC(=O)NC1C=CC(C)ON1c1ccccc1. The van der Waals surface area contributed by atoms with E-state index in [0.29, 0.717) is 0 Å². The van der Waals surface area contributed by atoms with Crippen LogP contribution in [0.25, 0.3) is 0 Å². The van der Waals surface area contributed by atoms with Crippen molar-refractivity contribution in [3.05, 3.63) is 55.1 Å². The van der Waals surface area contributed by atoms with Crippen LogP contribution in [0, 0.1) is 0 Å². The maximum absolute atomic E-state index is 11.6. The molecule has 1 aliphatic rings. The molecule has 5 heteroatoms. The third kappa shape index (κ3) is 3.61. The zero-order chi connectivity index (χ0) is 14.4. The molecule has 5 nitrogen and oxygen atoms in total. The van der Waals surface area contributed by atoms with Gasteiger partial charge in [-0.1, -0.05) is 36.9 Å². The van der Waals surface area contributed by atoms with E-state index in [0.717, 1.165) is 5.69 Å². The van der Waals surface area contributed by atoms with Crippen molar-refractivity contribution >= 4 is 11.8 Å². The fourth-order valence-corrected chi connectivity index (χ4v) is 1.82. The Morgan fingerprint density at radius 3 is 2.90 bits per heavy atom. The van der Waals surface area contributed by atoms with Gasteiger partial charge in [-0.15, -0.1) is 0 Å². The van der Waals surface area contributed by atoms with Crippen molar-refractivity contribution in [1.29, 1.82) is 0 Å². The van der Waals surface area contributed by atoms with Gasteiger partial charge in [0, 0.05) is 0 Å². The van der Waals surface area contributed by atoms with E-state index in [2.05, 4.69) is 11.9 Å². The highest BCUT2D eigenvalue weighted by Crippen LogP contribution is 2.21. The van der Waals surface area contributed by atoms with Gasteiger partial charge in [0.15, 0.2) is 0 Å². The molecule has 106 valence electrons. The first-order valence-electron chi connectivity index (χ1n) is 6.44. The number of carbonyl (C=O) groups excluding carboxylic acids is 1. The van der Waals surface area contributed by atoms with Crippen LogP contribution in [0.1, 0.15) is 6.92 Å². The molecule has 1 amide bonds. The maximum Gasteiger partial charge on any atom is 0.409 e. The van der Waals surface area contributed by atoms with Crippen LogP contribution in [-0.4, -0.2) is 25.0 Å². The number of para-hydroxylation sites is 1. The number of alkyl carbamates (subject to hydrolysis) is 1. The predicted molar refractivity (Wildman–Crippen MR) is 77.1 cm³/mol. The summed E-state index contributed by atoms with van der Waals surface area (Å²) in [5.74, 6) is 0. The fraction of sp³-hybridized carbons (Fsp3) is 0.267. The Morgan fingerprint density at radius 1 is 1.45 bits per heavy atom. The average Bonchev–Trinajstić information content (AvgIpc) is 2.48. The minimum atomic E-state index is -0.515. The van der Waals surface area contributed by atoms with Crippen LogP contribution in [-0.2, 0) is 9.57 Å². The molecular weight excluding hydrogens is 256 g/mol. The number of anilines is 1. The number of hydrogen-bond acceptors (Lipinski definition) is 4. The highest BCUT2D eigenvalue weighted by atomic mass is 16.7. The van der Waals surface area contributed by atoms with E-state index in [1.54, 1.807) is 5.06 Å². The van der Waals surface area contributed by atoms with Crippen LogP contribution in [0.4, 0.5) is 10.5 Å². The highest BCUT2D eigenvalue weighted by molar-refractivity contribution is 5.68. The van der Waals surface area contributed by atoms with Crippen molar-refractivity contribution in [3.8, 4) is 0 Å². The Bertz CT molecular complexity index is 487. The molecule has 0 aliphatic carbocycles. The number of benzene rings is 1. The molecule has 1 aromatic rings. The largest absolute Gasteiger partial charge is 0.445 e. The summed E-state index contributed by atoms with van der Waals surface area (Å²) in [6.07, 6.45) is 4.29. The van der Waals surface area contributed by atoms with E-state index < -0.39 is 12.3 Å². The molecule has 0 spiro atoms. The standard InChI is InChI=1S/C15H18N2O3/c1-3-11-19-15(18)16-14-10-9-12(2)20-17(14)13-7-5-4-6-8-13/h3-10,12,14H,1,11H2,2H3,(H,16,18). The van der Waals surface area contributed by atoms with Gasteiger partial charge in [-0.25, -0.2) is 9.86 Å². The van der Waals surface area contributed by atoms with E-state index in [1.165, 1.54) is 6.08 Å². The van der Waals surface area contributed by atoms with E-state index in [9.17, 15) is 4.79 Å². The van der Waals surface area contributed by atoms with Gasteiger partial charge in [0.2, 0.25) is 0 Å². The van der Waals surface area contributed by atoms with E-state index in [4.69, 9.17) is 9.57 Å². The first-order valence-corrected chi connectivity index (χ1v) is 6.44. The Hall–Kier alpha value is -2.27. The monoisotopic (exact) mass is 274 g/mol. The smallest absolute Gasteiger partial charge is 0.409 e. The second-order valence-electron chi connectivity index (χ2n) is 4.33. The summed E-state index contributed by atoms with van der Waals surface area (Å²) in [6, 6.07) is 9.57. The molecule has 2 atom stereocenters. The quantitative estimate of drug-likeness (QED) is 0.857. The van der Waals surface area contributed by atoms with E-state index in [1.807, 2.05) is 49.4 Å². The summed E-state index contributed by atoms with van der Waals surface area (Å²) in [4.78, 5) is 17.4. The molecule has 0 fully saturated rings. The lowest BCUT2D eigenvalue weighted by molar-refractivity contribution is 0.0440.